The molecule has 0 aromatic heterocycles. The maximum Gasteiger partial charge on any atom is 0.249 e. The van der Waals surface area contributed by atoms with E-state index in [9.17, 15) is 17.6 Å². The highest BCUT2D eigenvalue weighted by atomic mass is 35.5. The third-order valence-electron chi connectivity index (χ3n) is 3.51. The van der Waals surface area contributed by atoms with Crippen molar-refractivity contribution in [3.8, 4) is 0 Å². The number of amides is 1. The van der Waals surface area contributed by atoms with Gasteiger partial charge in [-0.25, -0.2) is 12.8 Å². The first-order valence-electron chi connectivity index (χ1n) is 7.04. The first kappa shape index (κ1) is 19.8. The van der Waals surface area contributed by atoms with E-state index in [0.717, 1.165) is 18.6 Å². The van der Waals surface area contributed by atoms with Crippen LogP contribution in [-0.2, 0) is 19.4 Å². The van der Waals surface area contributed by atoms with Crippen LogP contribution in [0.3, 0.4) is 0 Å². The second kappa shape index (κ2) is 8.58. The molecule has 1 heterocycles. The molecule has 1 fully saturated rings. The summed E-state index contributed by atoms with van der Waals surface area (Å²) in [6.07, 6.45) is 0.627. The van der Waals surface area contributed by atoms with Crippen LogP contribution in [-0.4, -0.2) is 45.4 Å². The molecule has 1 saturated heterocycles. The van der Waals surface area contributed by atoms with Gasteiger partial charge in [-0.2, -0.15) is 0 Å². The minimum absolute atomic E-state index is 0. The van der Waals surface area contributed by atoms with Crippen molar-refractivity contribution >= 4 is 28.2 Å². The number of ether oxygens (including phenoxy) is 1. The lowest BCUT2D eigenvalue weighted by Gasteiger charge is -2.12. The van der Waals surface area contributed by atoms with Gasteiger partial charge in [0, 0.05) is 13.1 Å². The molecular weight excluding hydrogens is 347 g/mol. The Hall–Kier alpha value is -1.22. The zero-order valence-electron chi connectivity index (χ0n) is 12.4. The van der Waals surface area contributed by atoms with Crippen molar-refractivity contribution in [2.24, 2.45) is 5.73 Å². The quantitative estimate of drug-likeness (QED) is 0.720. The van der Waals surface area contributed by atoms with Crippen LogP contribution in [0.2, 0.25) is 0 Å². The van der Waals surface area contributed by atoms with Gasteiger partial charge in [-0.05, 0) is 37.1 Å². The summed E-state index contributed by atoms with van der Waals surface area (Å²) in [4.78, 5) is 11.9. The van der Waals surface area contributed by atoms with Gasteiger partial charge in [0.05, 0.1) is 16.8 Å². The predicted octanol–water partition coefficient (Wildman–Crippen LogP) is 0.644. The van der Waals surface area contributed by atoms with E-state index in [4.69, 9.17) is 10.5 Å². The van der Waals surface area contributed by atoms with Gasteiger partial charge in [0.15, 0.2) is 9.84 Å². The lowest BCUT2D eigenvalue weighted by molar-refractivity contribution is -0.131. The van der Waals surface area contributed by atoms with E-state index in [1.807, 2.05) is 0 Å². The van der Waals surface area contributed by atoms with Crippen molar-refractivity contribution in [1.29, 1.82) is 0 Å². The Kier molecular flexibility index (Phi) is 7.40. The fourth-order valence-electron chi connectivity index (χ4n) is 2.25. The Balaban J connectivity index is 0.00000264. The fraction of sp³-hybridized carbons (Fsp3) is 0.500. The van der Waals surface area contributed by atoms with Gasteiger partial charge < -0.3 is 15.8 Å². The van der Waals surface area contributed by atoms with E-state index in [0.29, 0.717) is 13.0 Å². The number of benzene rings is 1. The number of carbonyl (C=O) groups excluding carboxylic acids is 1. The Bertz CT molecular complexity index is 624. The van der Waals surface area contributed by atoms with Crippen LogP contribution in [0.25, 0.3) is 0 Å². The predicted molar refractivity (Wildman–Crippen MR) is 85.7 cm³/mol. The zero-order valence-corrected chi connectivity index (χ0v) is 14.0. The van der Waals surface area contributed by atoms with Gasteiger partial charge >= 0.3 is 0 Å². The first-order chi connectivity index (χ1) is 10.4. The van der Waals surface area contributed by atoms with Gasteiger partial charge in [0.25, 0.3) is 0 Å². The highest BCUT2D eigenvalue weighted by Crippen LogP contribution is 2.18. The summed E-state index contributed by atoms with van der Waals surface area (Å²) in [7, 11) is -3.55. The maximum absolute atomic E-state index is 12.8. The summed E-state index contributed by atoms with van der Waals surface area (Å²) in [5.74, 6) is -1.08. The molecule has 1 aliphatic rings. The van der Waals surface area contributed by atoms with E-state index in [2.05, 4.69) is 5.32 Å². The average molecular weight is 367 g/mol. The summed E-state index contributed by atoms with van der Waals surface area (Å²) >= 11 is 0. The Labute approximate surface area is 140 Å². The van der Waals surface area contributed by atoms with Crippen molar-refractivity contribution in [2.45, 2.75) is 29.9 Å². The fourth-order valence-corrected chi connectivity index (χ4v) is 3.41. The molecule has 1 amide bonds. The molecule has 2 atom stereocenters. The van der Waals surface area contributed by atoms with Crippen molar-refractivity contribution in [3.63, 3.8) is 0 Å². The summed E-state index contributed by atoms with van der Waals surface area (Å²) in [5.41, 5.74) is 5.47. The highest BCUT2D eigenvalue weighted by molar-refractivity contribution is 7.91. The zero-order chi connectivity index (χ0) is 16.2. The van der Waals surface area contributed by atoms with E-state index < -0.39 is 21.8 Å². The molecule has 2 rings (SSSR count). The Morgan fingerprint density at radius 2 is 1.96 bits per heavy atom. The topological polar surface area (TPSA) is 98.5 Å². The molecule has 1 aromatic rings. The largest absolute Gasteiger partial charge is 0.364 e. The first-order valence-corrected chi connectivity index (χ1v) is 8.69. The van der Waals surface area contributed by atoms with Crippen molar-refractivity contribution in [2.75, 3.05) is 18.8 Å². The number of hydrogen-bond donors (Lipinski definition) is 2. The second-order valence-electron chi connectivity index (χ2n) is 5.12. The van der Waals surface area contributed by atoms with Crippen LogP contribution in [0.5, 0.6) is 0 Å². The molecule has 0 saturated carbocycles. The summed E-state index contributed by atoms with van der Waals surface area (Å²) in [5, 5.41) is 2.55. The third-order valence-corrected chi connectivity index (χ3v) is 5.24. The van der Waals surface area contributed by atoms with Crippen molar-refractivity contribution < 1.29 is 22.3 Å². The highest BCUT2D eigenvalue weighted by Gasteiger charge is 2.29. The molecule has 0 spiro atoms. The van der Waals surface area contributed by atoms with E-state index in [-0.39, 0.29) is 41.6 Å². The minimum Gasteiger partial charge on any atom is -0.364 e. The van der Waals surface area contributed by atoms with Gasteiger partial charge in [0.2, 0.25) is 5.91 Å². The van der Waals surface area contributed by atoms with Gasteiger partial charge in [-0.15, -0.1) is 12.4 Å². The monoisotopic (exact) mass is 366 g/mol. The van der Waals surface area contributed by atoms with E-state index in [1.165, 1.54) is 12.1 Å². The standard InChI is InChI=1S/C14H19FN2O4S.ClH/c15-10-1-4-12(5-2-10)22(19,20)8-7-17-14(18)13-6-3-11(9-16)21-13;/h1-2,4-5,11,13H,3,6-9,16H2,(H,17,18);1H/t11-,13+;/m1./s1. The average Bonchev–Trinajstić information content (AvgIpc) is 2.96. The number of hydrogen-bond acceptors (Lipinski definition) is 5. The molecule has 0 aliphatic carbocycles. The molecule has 0 radical (unpaired) electrons. The van der Waals surface area contributed by atoms with E-state index >= 15 is 0 Å². The molecule has 0 unspecified atom stereocenters. The summed E-state index contributed by atoms with van der Waals surface area (Å²) in [6.45, 7) is 0.342. The van der Waals surface area contributed by atoms with Crippen LogP contribution in [0.15, 0.2) is 29.2 Å². The van der Waals surface area contributed by atoms with Crippen molar-refractivity contribution in [1.82, 2.24) is 5.32 Å². The van der Waals surface area contributed by atoms with Crippen LogP contribution in [0, 0.1) is 5.82 Å². The molecule has 9 heteroatoms. The summed E-state index contributed by atoms with van der Waals surface area (Å²) in [6, 6.07) is 4.59. The molecular formula is C14H20ClFN2O4S. The number of carbonyl (C=O) groups is 1. The third kappa shape index (κ3) is 5.42. The number of nitrogens with two attached hydrogens (primary N) is 1. The maximum atomic E-state index is 12.8. The summed E-state index contributed by atoms with van der Waals surface area (Å²) < 4.78 is 42.3. The minimum atomic E-state index is -3.55. The molecule has 130 valence electrons. The number of halogens is 2. The molecule has 1 aromatic carbocycles. The van der Waals surface area contributed by atoms with Gasteiger partial charge in [0.1, 0.15) is 11.9 Å². The molecule has 1 aliphatic heterocycles. The lowest BCUT2D eigenvalue weighted by atomic mass is 10.2. The normalized spacial score (nSPS) is 20.8. The van der Waals surface area contributed by atoms with Crippen LogP contribution >= 0.6 is 12.4 Å². The molecule has 6 nitrogen and oxygen atoms in total. The van der Waals surface area contributed by atoms with Gasteiger partial charge in [-0.3, -0.25) is 4.79 Å². The van der Waals surface area contributed by atoms with E-state index in [1.54, 1.807) is 0 Å². The van der Waals surface area contributed by atoms with Crippen LogP contribution < -0.4 is 11.1 Å². The molecule has 0 bridgehead atoms. The number of nitrogens with one attached hydrogen (secondary N) is 1. The van der Waals surface area contributed by atoms with Crippen LogP contribution in [0.4, 0.5) is 4.39 Å². The van der Waals surface area contributed by atoms with Crippen LogP contribution in [0.1, 0.15) is 12.8 Å². The Morgan fingerprint density at radius 1 is 1.30 bits per heavy atom. The smallest absolute Gasteiger partial charge is 0.249 e. The number of sulfone groups is 1. The second-order valence-corrected chi connectivity index (χ2v) is 7.23. The Morgan fingerprint density at radius 3 is 2.52 bits per heavy atom. The number of rotatable bonds is 6. The molecule has 3 N–H and O–H groups in total. The lowest BCUT2D eigenvalue weighted by Crippen LogP contribution is -2.37. The van der Waals surface area contributed by atoms with Crippen molar-refractivity contribution in [3.05, 3.63) is 30.1 Å². The SMILES string of the molecule is Cl.NC[C@H]1CC[C@@H](C(=O)NCCS(=O)(=O)c2ccc(F)cc2)O1. The molecule has 23 heavy (non-hydrogen) atoms. The van der Waals surface area contributed by atoms with Gasteiger partial charge in [-0.1, -0.05) is 0 Å².